The van der Waals surface area contributed by atoms with E-state index in [9.17, 15) is 26.3 Å². The first kappa shape index (κ1) is 15.5. The van der Waals surface area contributed by atoms with Gasteiger partial charge in [-0.2, -0.15) is 26.3 Å². The van der Waals surface area contributed by atoms with Gasteiger partial charge in [-0.1, -0.05) is 0 Å². The summed E-state index contributed by atoms with van der Waals surface area (Å²) in [6, 6.07) is 0. The Morgan fingerprint density at radius 2 is 1.06 bits per heavy atom. The number of hydrogen-bond donors (Lipinski definition) is 0. The van der Waals surface area contributed by atoms with Crippen molar-refractivity contribution in [1.29, 1.82) is 0 Å². The Morgan fingerprint density at radius 1 is 0.667 bits per heavy atom. The van der Waals surface area contributed by atoms with E-state index in [4.69, 9.17) is 9.47 Å². The Kier molecular flexibility index (Phi) is 4.81. The number of halogens is 6. The molecule has 4 nitrogen and oxygen atoms in total. The highest BCUT2D eigenvalue weighted by Crippen LogP contribution is 2.48. The first-order valence-electron chi connectivity index (χ1n) is 4.77. The molecule has 0 saturated carbocycles. The van der Waals surface area contributed by atoms with Gasteiger partial charge in [0.2, 0.25) is 0 Å². The fourth-order valence-corrected chi connectivity index (χ4v) is 1.20. The third kappa shape index (κ3) is 3.25. The molecule has 108 valence electrons. The maximum atomic E-state index is 11.9. The van der Waals surface area contributed by atoms with Gasteiger partial charge < -0.3 is 18.9 Å². The molecule has 10 heteroatoms. The van der Waals surface area contributed by atoms with Crippen molar-refractivity contribution in [3.8, 4) is 0 Å². The molecule has 2 heterocycles. The molecule has 0 aromatic heterocycles. The SMILES string of the molecule is C1COCO1.FC(F)(F)C1(C(F)(F)F)OCCO1. The zero-order valence-corrected chi connectivity index (χ0v) is 8.94. The minimum absolute atomic E-state index is 0.500. The van der Waals surface area contributed by atoms with Crippen LogP contribution in [0.2, 0.25) is 0 Å². The molecule has 0 bridgehead atoms. The van der Waals surface area contributed by atoms with Crippen LogP contribution >= 0.6 is 0 Å². The van der Waals surface area contributed by atoms with Crippen LogP contribution in [0.25, 0.3) is 0 Å². The molecule has 0 N–H and O–H groups in total. The molecule has 18 heavy (non-hydrogen) atoms. The molecule has 0 aliphatic carbocycles. The summed E-state index contributed by atoms with van der Waals surface area (Å²) in [5.74, 6) is -4.43. The predicted molar refractivity (Wildman–Crippen MR) is 43.5 cm³/mol. The van der Waals surface area contributed by atoms with E-state index in [-0.39, 0.29) is 0 Å². The molecule has 0 aromatic rings. The maximum absolute atomic E-state index is 11.9. The summed E-state index contributed by atoms with van der Waals surface area (Å²) in [5.41, 5.74) is 0. The van der Waals surface area contributed by atoms with Gasteiger partial charge in [-0.3, -0.25) is 0 Å². The maximum Gasteiger partial charge on any atom is 0.453 e. The van der Waals surface area contributed by atoms with Gasteiger partial charge in [0.15, 0.2) is 0 Å². The smallest absolute Gasteiger partial charge is 0.353 e. The Balaban J connectivity index is 0.000000269. The Labute approximate surface area is 97.7 Å². The molecule has 2 saturated heterocycles. The minimum Gasteiger partial charge on any atom is -0.353 e. The normalized spacial score (nSPS) is 23.7. The molecule has 2 aliphatic rings. The van der Waals surface area contributed by atoms with Crippen LogP contribution in [0.3, 0.4) is 0 Å². The van der Waals surface area contributed by atoms with E-state index in [2.05, 4.69) is 9.47 Å². The minimum atomic E-state index is -5.61. The van der Waals surface area contributed by atoms with Gasteiger partial charge in [-0.25, -0.2) is 0 Å². The van der Waals surface area contributed by atoms with Crippen LogP contribution in [-0.2, 0) is 18.9 Å². The first-order valence-corrected chi connectivity index (χ1v) is 4.77. The molecule has 0 amide bonds. The summed E-state index contributed by atoms with van der Waals surface area (Å²) in [6.45, 7) is 0.609. The second-order valence-corrected chi connectivity index (χ2v) is 3.24. The van der Waals surface area contributed by atoms with Crippen molar-refractivity contribution < 1.29 is 45.3 Å². The lowest BCUT2D eigenvalue weighted by molar-refractivity contribution is -0.439. The van der Waals surface area contributed by atoms with Crippen LogP contribution in [-0.4, -0.2) is 51.4 Å². The zero-order valence-electron chi connectivity index (χ0n) is 8.94. The molecule has 2 fully saturated rings. The van der Waals surface area contributed by atoms with Crippen molar-refractivity contribution in [2.45, 2.75) is 18.1 Å². The van der Waals surface area contributed by atoms with Crippen molar-refractivity contribution in [2.75, 3.05) is 33.2 Å². The van der Waals surface area contributed by atoms with Gasteiger partial charge >= 0.3 is 18.1 Å². The Hall–Kier alpha value is -0.580. The first-order chi connectivity index (χ1) is 8.21. The summed E-state index contributed by atoms with van der Waals surface area (Å²) in [4.78, 5) is 0. The van der Waals surface area contributed by atoms with Crippen molar-refractivity contribution in [2.24, 2.45) is 0 Å². The second-order valence-electron chi connectivity index (χ2n) is 3.24. The molecule has 0 aromatic carbocycles. The largest absolute Gasteiger partial charge is 0.453 e. The average Bonchev–Trinajstić information content (AvgIpc) is 2.91. The third-order valence-electron chi connectivity index (χ3n) is 1.98. The van der Waals surface area contributed by atoms with E-state index in [0.717, 1.165) is 13.2 Å². The highest BCUT2D eigenvalue weighted by molar-refractivity contribution is 4.89. The lowest BCUT2D eigenvalue weighted by Crippen LogP contribution is -2.57. The van der Waals surface area contributed by atoms with Crippen molar-refractivity contribution in [1.82, 2.24) is 0 Å². The van der Waals surface area contributed by atoms with Crippen LogP contribution < -0.4 is 0 Å². The summed E-state index contributed by atoms with van der Waals surface area (Å²) < 4.78 is 88.3. The van der Waals surface area contributed by atoms with Gasteiger partial charge in [0.05, 0.1) is 26.4 Å². The van der Waals surface area contributed by atoms with E-state index in [0.29, 0.717) is 6.79 Å². The fourth-order valence-electron chi connectivity index (χ4n) is 1.20. The monoisotopic (exact) mass is 284 g/mol. The number of hydrogen-bond acceptors (Lipinski definition) is 4. The molecular formula is C8H10F6O4. The van der Waals surface area contributed by atoms with Gasteiger partial charge in [0.25, 0.3) is 0 Å². The van der Waals surface area contributed by atoms with E-state index >= 15 is 0 Å². The summed E-state index contributed by atoms with van der Waals surface area (Å²) in [5, 5.41) is 0. The van der Waals surface area contributed by atoms with Gasteiger partial charge in [0, 0.05) is 0 Å². The predicted octanol–water partition coefficient (Wildman–Crippen LogP) is 1.84. The quantitative estimate of drug-likeness (QED) is 0.636. The summed E-state index contributed by atoms with van der Waals surface area (Å²) in [7, 11) is 0. The van der Waals surface area contributed by atoms with Crippen LogP contribution in [0.15, 0.2) is 0 Å². The van der Waals surface area contributed by atoms with Crippen molar-refractivity contribution >= 4 is 0 Å². The molecule has 0 spiro atoms. The highest BCUT2D eigenvalue weighted by atomic mass is 19.4. The molecule has 0 unspecified atom stereocenters. The van der Waals surface area contributed by atoms with Crippen molar-refractivity contribution in [3.63, 3.8) is 0 Å². The molecule has 0 atom stereocenters. The zero-order chi connectivity index (χ0) is 13.9. The van der Waals surface area contributed by atoms with Crippen LogP contribution in [0, 0.1) is 0 Å². The van der Waals surface area contributed by atoms with E-state index < -0.39 is 31.4 Å². The van der Waals surface area contributed by atoms with Gasteiger partial charge in [0.1, 0.15) is 6.79 Å². The standard InChI is InChI=1S/C5H4F6O2.C3H6O2/c6-4(7,8)3(5(9,10)11)12-1-2-13-3;1-2-5-3-4-1/h1-2H2;1-3H2. The van der Waals surface area contributed by atoms with E-state index in [1.807, 2.05) is 0 Å². The topological polar surface area (TPSA) is 36.9 Å². The molecular weight excluding hydrogens is 274 g/mol. The Morgan fingerprint density at radius 3 is 1.22 bits per heavy atom. The van der Waals surface area contributed by atoms with Crippen LogP contribution in [0.1, 0.15) is 0 Å². The van der Waals surface area contributed by atoms with E-state index in [1.165, 1.54) is 0 Å². The second kappa shape index (κ2) is 5.59. The molecule has 0 radical (unpaired) electrons. The Bertz CT molecular complexity index is 230. The fraction of sp³-hybridized carbons (Fsp3) is 1.00. The van der Waals surface area contributed by atoms with Crippen LogP contribution in [0.4, 0.5) is 26.3 Å². The third-order valence-corrected chi connectivity index (χ3v) is 1.98. The summed E-state index contributed by atoms with van der Waals surface area (Å²) >= 11 is 0. The number of rotatable bonds is 0. The lowest BCUT2D eigenvalue weighted by atomic mass is 10.2. The lowest BCUT2D eigenvalue weighted by Gasteiger charge is -2.30. The van der Waals surface area contributed by atoms with Crippen molar-refractivity contribution in [3.05, 3.63) is 0 Å². The molecule has 2 aliphatic heterocycles. The average molecular weight is 284 g/mol. The number of ether oxygens (including phenoxy) is 4. The molecule has 2 rings (SSSR count). The van der Waals surface area contributed by atoms with E-state index in [1.54, 1.807) is 0 Å². The van der Waals surface area contributed by atoms with Crippen LogP contribution in [0.5, 0.6) is 0 Å². The van der Waals surface area contributed by atoms with Gasteiger partial charge in [-0.05, 0) is 0 Å². The number of alkyl halides is 6. The van der Waals surface area contributed by atoms with Gasteiger partial charge in [-0.15, -0.1) is 0 Å². The highest BCUT2D eigenvalue weighted by Gasteiger charge is 2.76. The summed E-state index contributed by atoms with van der Waals surface area (Å²) in [6.07, 6.45) is -11.2.